The normalized spacial score (nSPS) is 16.9. The Kier molecular flexibility index (Phi) is 4.60. The van der Waals surface area contributed by atoms with Crippen molar-refractivity contribution in [2.24, 2.45) is 0 Å². The summed E-state index contributed by atoms with van der Waals surface area (Å²) in [4.78, 5) is 27.8. The Bertz CT molecular complexity index is 1510. The van der Waals surface area contributed by atoms with Crippen molar-refractivity contribution in [2.75, 3.05) is 23.3 Å². The first-order valence-electron chi connectivity index (χ1n) is 11.1. The number of carbonyl (C=O) groups excluding carboxylic acids is 1. The number of anilines is 2. The number of amides is 1. The molecule has 35 heavy (non-hydrogen) atoms. The Morgan fingerprint density at radius 2 is 1.94 bits per heavy atom. The summed E-state index contributed by atoms with van der Waals surface area (Å²) < 4.78 is 43.7. The molecule has 0 spiro atoms. The largest absolute Gasteiger partial charge is 0.350 e. The fraction of sp³-hybridized carbons (Fsp3) is 0.292. The van der Waals surface area contributed by atoms with Crippen LogP contribution in [-0.4, -0.2) is 49.9 Å². The van der Waals surface area contributed by atoms with Gasteiger partial charge in [-0.1, -0.05) is 18.2 Å². The van der Waals surface area contributed by atoms with Crippen LogP contribution in [0, 0.1) is 11.6 Å². The Hall–Kier alpha value is -4.02. The third kappa shape index (κ3) is 3.33. The molecule has 1 N–H and O–H groups in total. The van der Waals surface area contributed by atoms with E-state index in [9.17, 15) is 18.0 Å². The molecule has 0 bridgehead atoms. The summed E-state index contributed by atoms with van der Waals surface area (Å²) >= 11 is 0. The van der Waals surface area contributed by atoms with Crippen molar-refractivity contribution in [1.82, 2.24) is 24.7 Å². The number of alkyl halides is 1. The summed E-state index contributed by atoms with van der Waals surface area (Å²) in [6, 6.07) is 7.55. The first-order chi connectivity index (χ1) is 16.7. The second kappa shape index (κ2) is 7.49. The van der Waals surface area contributed by atoms with Gasteiger partial charge >= 0.3 is 0 Å². The first kappa shape index (κ1) is 21.5. The summed E-state index contributed by atoms with van der Waals surface area (Å²) in [6.45, 7) is 3.85. The molecule has 2 aliphatic heterocycles. The minimum Gasteiger partial charge on any atom is -0.350 e. The van der Waals surface area contributed by atoms with E-state index in [0.29, 0.717) is 33.8 Å². The lowest BCUT2D eigenvalue weighted by atomic mass is 9.86. The number of nitrogens with one attached hydrogen (secondary N) is 1. The summed E-state index contributed by atoms with van der Waals surface area (Å²) in [6.07, 6.45) is 0.0708. The van der Waals surface area contributed by atoms with Gasteiger partial charge in [0.25, 0.3) is 0 Å². The number of carbonyl (C=O) groups is 1. The molecular weight excluding hydrogens is 459 g/mol. The van der Waals surface area contributed by atoms with Crippen molar-refractivity contribution in [2.45, 2.75) is 32.0 Å². The summed E-state index contributed by atoms with van der Waals surface area (Å²) in [5, 5.41) is 7.69. The molecule has 1 saturated heterocycles. The highest BCUT2D eigenvalue weighted by Crippen LogP contribution is 2.44. The average Bonchev–Trinajstić information content (AvgIpc) is 3.26. The molecule has 0 unspecified atom stereocenters. The smallest absolute Gasteiger partial charge is 0.235 e. The van der Waals surface area contributed by atoms with Gasteiger partial charge in [-0.15, -0.1) is 0 Å². The van der Waals surface area contributed by atoms with Crippen LogP contribution in [-0.2, 0) is 16.8 Å². The predicted molar refractivity (Wildman–Crippen MR) is 123 cm³/mol. The maximum absolute atomic E-state index is 14.3. The Balaban J connectivity index is 1.54. The van der Waals surface area contributed by atoms with Crippen LogP contribution in [0.4, 0.5) is 24.8 Å². The third-order valence-electron chi connectivity index (χ3n) is 6.49. The van der Waals surface area contributed by atoms with Crippen molar-refractivity contribution in [1.29, 1.82) is 0 Å². The van der Waals surface area contributed by atoms with Crippen LogP contribution >= 0.6 is 0 Å². The van der Waals surface area contributed by atoms with Crippen molar-refractivity contribution in [3.63, 3.8) is 0 Å². The van der Waals surface area contributed by atoms with Crippen molar-refractivity contribution >= 4 is 28.6 Å². The monoisotopic (exact) mass is 479 g/mol. The lowest BCUT2D eigenvalue weighted by Gasteiger charge is -2.37. The zero-order chi connectivity index (χ0) is 24.5. The van der Waals surface area contributed by atoms with Gasteiger partial charge in [0.05, 0.1) is 42.2 Å². The van der Waals surface area contributed by atoms with Gasteiger partial charge in [-0.05, 0) is 26.0 Å². The molecule has 1 aromatic carbocycles. The van der Waals surface area contributed by atoms with Crippen LogP contribution in [0.3, 0.4) is 0 Å². The number of fused-ring (bicyclic) bond motifs is 2. The van der Waals surface area contributed by atoms with Gasteiger partial charge in [0.1, 0.15) is 35.1 Å². The van der Waals surface area contributed by atoms with E-state index in [-0.39, 0.29) is 37.1 Å². The number of hydrogen-bond acceptors (Lipinski definition) is 6. The summed E-state index contributed by atoms with van der Waals surface area (Å²) in [5.41, 5.74) is 0.604. The van der Waals surface area contributed by atoms with Crippen LogP contribution in [0.25, 0.3) is 22.6 Å². The molecule has 0 saturated carbocycles. The van der Waals surface area contributed by atoms with Crippen molar-refractivity contribution < 1.29 is 18.0 Å². The zero-order valence-corrected chi connectivity index (χ0v) is 18.9. The minimum atomic E-state index is -0.989. The molecule has 178 valence electrons. The highest BCUT2D eigenvalue weighted by molar-refractivity contribution is 6.06. The molecule has 0 atom stereocenters. The second-order valence-corrected chi connectivity index (χ2v) is 9.30. The van der Waals surface area contributed by atoms with Gasteiger partial charge in [-0.25, -0.2) is 32.8 Å². The van der Waals surface area contributed by atoms with Crippen molar-refractivity contribution in [3.05, 3.63) is 59.3 Å². The quantitative estimate of drug-likeness (QED) is 0.481. The fourth-order valence-corrected chi connectivity index (χ4v) is 4.52. The van der Waals surface area contributed by atoms with E-state index >= 15 is 0 Å². The van der Waals surface area contributed by atoms with E-state index in [2.05, 4.69) is 25.4 Å². The van der Waals surface area contributed by atoms with Crippen LogP contribution in [0.1, 0.15) is 25.0 Å². The van der Waals surface area contributed by atoms with E-state index in [1.807, 2.05) is 0 Å². The average molecular weight is 479 g/mol. The molecule has 0 aliphatic carbocycles. The van der Waals surface area contributed by atoms with Gasteiger partial charge in [0.15, 0.2) is 11.5 Å². The highest BCUT2D eigenvalue weighted by atomic mass is 19.1. The molecule has 0 radical (unpaired) electrons. The molecule has 6 rings (SSSR count). The maximum atomic E-state index is 14.3. The number of benzene rings is 1. The zero-order valence-electron chi connectivity index (χ0n) is 18.9. The number of halogens is 3. The van der Waals surface area contributed by atoms with Crippen LogP contribution < -0.4 is 10.2 Å². The van der Waals surface area contributed by atoms with E-state index in [4.69, 9.17) is 0 Å². The van der Waals surface area contributed by atoms with Gasteiger partial charge < -0.3 is 10.2 Å². The topological polar surface area (TPSA) is 88.8 Å². The van der Waals surface area contributed by atoms with Crippen LogP contribution in [0.2, 0.25) is 0 Å². The molecular formula is C24H20F3N7O. The number of pyridine rings is 1. The number of nitrogens with zero attached hydrogens (tertiary/aromatic N) is 6. The van der Waals surface area contributed by atoms with Gasteiger partial charge in [0, 0.05) is 5.56 Å². The molecule has 1 amide bonds. The molecule has 11 heteroatoms. The Labute approximate surface area is 197 Å². The predicted octanol–water partition coefficient (Wildman–Crippen LogP) is 3.60. The van der Waals surface area contributed by atoms with E-state index in [1.165, 1.54) is 16.8 Å². The minimum absolute atomic E-state index is 0.0546. The Morgan fingerprint density at radius 1 is 1.17 bits per heavy atom. The fourth-order valence-electron chi connectivity index (χ4n) is 4.52. The van der Waals surface area contributed by atoms with Crippen molar-refractivity contribution in [3.8, 4) is 11.5 Å². The number of aromatic nitrogens is 5. The molecule has 4 aromatic rings. The first-order valence-corrected chi connectivity index (χ1v) is 11.1. The van der Waals surface area contributed by atoms with E-state index < -0.39 is 23.2 Å². The second-order valence-electron chi connectivity index (χ2n) is 9.30. The molecule has 8 nitrogen and oxygen atoms in total. The van der Waals surface area contributed by atoms with Gasteiger partial charge in [-0.2, -0.15) is 5.10 Å². The molecule has 3 aromatic heterocycles. The van der Waals surface area contributed by atoms with Crippen LogP contribution in [0.5, 0.6) is 0 Å². The lowest BCUT2D eigenvalue weighted by Crippen LogP contribution is -2.49. The van der Waals surface area contributed by atoms with E-state index in [0.717, 1.165) is 6.20 Å². The number of rotatable bonds is 4. The number of hydrogen-bond donors (Lipinski definition) is 1. The SMILES string of the molecule is CC1(C)C(=O)Nc2nc(-c3nn(Cc4ccccc4F)c4ncc(F)cc34)nc(N3CC(F)C3)c21. The molecule has 2 aliphatic rings. The van der Waals surface area contributed by atoms with Gasteiger partial charge in [-0.3, -0.25) is 4.79 Å². The Morgan fingerprint density at radius 3 is 2.69 bits per heavy atom. The summed E-state index contributed by atoms with van der Waals surface area (Å²) in [5.74, 6) is -0.363. The standard InChI is InChI=1S/C24H20F3N7O/c1-24(2)17-19(31-23(24)35)29-20(30-22(17)33-10-14(26)11-33)18-15-7-13(25)8-28-21(15)34(32-18)9-12-5-3-4-6-16(12)27/h3-8,14H,9-11H2,1-2H3,(H,29,30,31,35). The lowest BCUT2D eigenvalue weighted by molar-refractivity contribution is -0.119. The van der Waals surface area contributed by atoms with Crippen LogP contribution in [0.15, 0.2) is 36.5 Å². The molecule has 5 heterocycles. The van der Waals surface area contributed by atoms with Gasteiger partial charge in [0.2, 0.25) is 5.91 Å². The summed E-state index contributed by atoms with van der Waals surface area (Å²) in [7, 11) is 0. The highest BCUT2D eigenvalue weighted by Gasteiger charge is 2.45. The maximum Gasteiger partial charge on any atom is 0.235 e. The molecule has 1 fully saturated rings. The van der Waals surface area contributed by atoms with E-state index in [1.54, 1.807) is 36.9 Å². The third-order valence-corrected chi connectivity index (χ3v) is 6.49.